The zero-order chi connectivity index (χ0) is 7.94. The van der Waals surface area contributed by atoms with Crippen LogP contribution in [-0.4, -0.2) is 28.5 Å². The highest BCUT2D eigenvalue weighted by atomic mass is 79.9. The van der Waals surface area contributed by atoms with E-state index in [0.717, 1.165) is 0 Å². The zero-order valence-corrected chi connectivity index (χ0v) is 9.54. The summed E-state index contributed by atoms with van der Waals surface area (Å²) >= 11 is 12.0. The van der Waals surface area contributed by atoms with Gasteiger partial charge in [-0.25, -0.2) is 8.42 Å². The third-order valence-corrected chi connectivity index (χ3v) is 8.07. The van der Waals surface area contributed by atoms with E-state index < -0.39 is 14.5 Å². The number of hydrogen-bond donors (Lipinski definition) is 0. The molecule has 0 saturated carbocycles. The average molecular weight is 312 g/mol. The fraction of sp³-hybridized carbons (Fsp3) is 1.00. The lowest BCUT2D eigenvalue weighted by atomic mass is 10.4. The Morgan fingerprint density at radius 3 is 2.00 bits per heavy atom. The number of sulfone groups is 1. The third kappa shape index (κ3) is 1.52. The summed E-state index contributed by atoms with van der Waals surface area (Å²) in [6.45, 7) is 0. The van der Waals surface area contributed by atoms with Crippen molar-refractivity contribution in [1.82, 2.24) is 0 Å². The molecule has 0 spiro atoms. The van der Waals surface area contributed by atoms with Crippen LogP contribution in [0.3, 0.4) is 0 Å². The maximum Gasteiger partial charge on any atom is 0.169 e. The molecule has 1 fully saturated rings. The van der Waals surface area contributed by atoms with Crippen LogP contribution in [0.4, 0.5) is 0 Å². The molecule has 0 aromatic carbocycles. The molecule has 1 aliphatic heterocycles. The molecule has 3 atom stereocenters. The van der Waals surface area contributed by atoms with Crippen LogP contribution in [-0.2, 0) is 9.84 Å². The largest absolute Gasteiger partial charge is 0.227 e. The first-order valence-corrected chi connectivity index (χ1v) is 6.57. The van der Waals surface area contributed by atoms with Gasteiger partial charge in [0.25, 0.3) is 0 Å². The first-order chi connectivity index (χ1) is 4.45. The Bertz CT molecular complexity index is 227. The molecule has 0 aromatic heterocycles. The Morgan fingerprint density at radius 2 is 1.90 bits per heavy atom. The Morgan fingerprint density at radius 1 is 1.40 bits per heavy atom. The molecule has 60 valence electrons. The zero-order valence-electron chi connectivity index (χ0n) is 4.80. The quantitative estimate of drug-likeness (QED) is 0.635. The van der Waals surface area contributed by atoms with E-state index in [1.807, 2.05) is 0 Å². The molecule has 0 bridgehead atoms. The summed E-state index contributed by atoms with van der Waals surface area (Å²) in [5.74, 6) is 0.122. The van der Waals surface area contributed by atoms with Crippen molar-refractivity contribution in [3.63, 3.8) is 0 Å². The second-order valence-corrected chi connectivity index (χ2v) is 7.27. The third-order valence-electron chi connectivity index (χ3n) is 1.33. The number of alkyl halides is 3. The minimum Gasteiger partial charge on any atom is -0.227 e. The van der Waals surface area contributed by atoms with E-state index in [0.29, 0.717) is 0 Å². The molecule has 1 saturated heterocycles. The Balaban J connectivity index is 2.93. The summed E-state index contributed by atoms with van der Waals surface area (Å²) in [6.07, 6.45) is 0. The average Bonchev–Trinajstić information content (AvgIpc) is 1.95. The molecule has 0 amide bonds. The maximum absolute atomic E-state index is 11.0. The van der Waals surface area contributed by atoms with E-state index >= 15 is 0 Å². The summed E-state index contributed by atoms with van der Waals surface area (Å²) in [4.78, 5) is -0.223. The van der Waals surface area contributed by atoms with E-state index in [1.165, 1.54) is 0 Å². The monoisotopic (exact) mass is 310 g/mol. The summed E-state index contributed by atoms with van der Waals surface area (Å²) in [6, 6.07) is 0. The first-order valence-electron chi connectivity index (χ1n) is 2.59. The van der Waals surface area contributed by atoms with Gasteiger partial charge in [0.05, 0.1) is 10.6 Å². The smallest absolute Gasteiger partial charge is 0.169 e. The molecular formula is C4H5Br2ClO2S. The van der Waals surface area contributed by atoms with Crippen molar-refractivity contribution in [3.8, 4) is 0 Å². The standard InChI is InChI=1S/C4H5Br2ClO2S/c5-2-1-10(8,9)4(7)3(2)6/h2-4H,1H2. The fourth-order valence-electron chi connectivity index (χ4n) is 0.768. The molecular weight excluding hydrogens is 307 g/mol. The molecule has 0 radical (unpaired) electrons. The van der Waals surface area contributed by atoms with Gasteiger partial charge in [0.15, 0.2) is 9.84 Å². The van der Waals surface area contributed by atoms with E-state index in [9.17, 15) is 8.42 Å². The van der Waals surface area contributed by atoms with Crippen LogP contribution in [0.25, 0.3) is 0 Å². The minimum atomic E-state index is -3.05. The summed E-state index contributed by atoms with van der Waals surface area (Å²) in [5.41, 5.74) is 0. The maximum atomic E-state index is 11.0. The van der Waals surface area contributed by atoms with Crippen molar-refractivity contribution in [1.29, 1.82) is 0 Å². The van der Waals surface area contributed by atoms with Gasteiger partial charge in [-0.15, -0.1) is 11.6 Å². The SMILES string of the molecule is O=S1(=O)CC(Br)C(Br)C1Cl. The van der Waals surface area contributed by atoms with Crippen molar-refractivity contribution in [2.45, 2.75) is 14.4 Å². The van der Waals surface area contributed by atoms with Crippen LogP contribution >= 0.6 is 43.5 Å². The van der Waals surface area contributed by atoms with Crippen LogP contribution in [0.15, 0.2) is 0 Å². The molecule has 1 aliphatic rings. The van der Waals surface area contributed by atoms with Crippen molar-refractivity contribution in [2.75, 3.05) is 5.75 Å². The highest BCUT2D eigenvalue weighted by Gasteiger charge is 2.43. The summed E-state index contributed by atoms with van der Waals surface area (Å²) < 4.78 is 21.2. The normalized spacial score (nSPS) is 45.7. The second-order valence-electron chi connectivity index (χ2n) is 2.14. The Labute approximate surface area is 81.5 Å². The topological polar surface area (TPSA) is 34.1 Å². The number of halogens is 3. The predicted molar refractivity (Wildman–Crippen MR) is 48.9 cm³/mol. The second kappa shape index (κ2) is 2.92. The lowest BCUT2D eigenvalue weighted by Crippen LogP contribution is -2.16. The molecule has 0 aliphatic carbocycles. The fourth-order valence-corrected chi connectivity index (χ4v) is 5.79. The molecule has 2 nitrogen and oxygen atoms in total. The van der Waals surface area contributed by atoms with Gasteiger partial charge in [-0.1, -0.05) is 31.9 Å². The molecule has 3 unspecified atom stereocenters. The van der Waals surface area contributed by atoms with Gasteiger partial charge in [-0.2, -0.15) is 0 Å². The van der Waals surface area contributed by atoms with Gasteiger partial charge >= 0.3 is 0 Å². The highest BCUT2D eigenvalue weighted by molar-refractivity contribution is 9.12. The van der Waals surface area contributed by atoms with E-state index in [4.69, 9.17) is 11.6 Å². The van der Waals surface area contributed by atoms with Gasteiger partial charge < -0.3 is 0 Å². The van der Waals surface area contributed by atoms with Gasteiger partial charge in [0.2, 0.25) is 0 Å². The Hall–Kier alpha value is 1.20. The van der Waals surface area contributed by atoms with Gasteiger partial charge in [0.1, 0.15) is 4.71 Å². The lowest BCUT2D eigenvalue weighted by Gasteiger charge is -2.04. The van der Waals surface area contributed by atoms with Crippen molar-refractivity contribution in [2.24, 2.45) is 0 Å². The van der Waals surface area contributed by atoms with Crippen molar-refractivity contribution >= 4 is 53.3 Å². The summed E-state index contributed by atoms with van der Waals surface area (Å²) in [7, 11) is -3.05. The van der Waals surface area contributed by atoms with Crippen LogP contribution < -0.4 is 0 Å². The van der Waals surface area contributed by atoms with Crippen molar-refractivity contribution in [3.05, 3.63) is 0 Å². The van der Waals surface area contributed by atoms with Gasteiger partial charge in [-0.05, 0) is 0 Å². The summed E-state index contributed by atoms with van der Waals surface area (Å²) in [5, 5.41) is 0. The molecule has 0 N–H and O–H groups in total. The van der Waals surface area contributed by atoms with E-state index in [-0.39, 0.29) is 15.4 Å². The number of hydrogen-bond acceptors (Lipinski definition) is 2. The van der Waals surface area contributed by atoms with Gasteiger partial charge in [-0.3, -0.25) is 0 Å². The molecule has 1 heterocycles. The Kier molecular flexibility index (Phi) is 2.71. The number of rotatable bonds is 0. The molecule has 0 aromatic rings. The van der Waals surface area contributed by atoms with Crippen LogP contribution in [0.2, 0.25) is 0 Å². The van der Waals surface area contributed by atoms with Crippen molar-refractivity contribution < 1.29 is 8.42 Å². The van der Waals surface area contributed by atoms with E-state index in [1.54, 1.807) is 0 Å². The lowest BCUT2D eigenvalue weighted by molar-refractivity contribution is 0.600. The van der Waals surface area contributed by atoms with Crippen LogP contribution in [0.1, 0.15) is 0 Å². The molecule has 6 heteroatoms. The molecule has 1 rings (SSSR count). The molecule has 10 heavy (non-hydrogen) atoms. The predicted octanol–water partition coefficient (Wildman–Crippen LogP) is 1.51. The first kappa shape index (κ1) is 9.29. The minimum absolute atomic E-state index is 0.0556. The van der Waals surface area contributed by atoms with E-state index in [2.05, 4.69) is 31.9 Å². The van der Waals surface area contributed by atoms with Crippen LogP contribution in [0, 0.1) is 0 Å². The van der Waals surface area contributed by atoms with Gasteiger partial charge in [0, 0.05) is 4.83 Å². The highest BCUT2D eigenvalue weighted by Crippen LogP contribution is 2.34. The van der Waals surface area contributed by atoms with Crippen LogP contribution in [0.5, 0.6) is 0 Å².